The quantitative estimate of drug-likeness (QED) is 0.557. The molecule has 0 saturated heterocycles. The number of amides is 1. The van der Waals surface area contributed by atoms with Gasteiger partial charge in [-0.2, -0.15) is 0 Å². The van der Waals surface area contributed by atoms with Crippen LogP contribution in [0.2, 0.25) is 10.0 Å². The van der Waals surface area contributed by atoms with Crippen molar-refractivity contribution in [3.05, 3.63) is 50.0 Å². The van der Waals surface area contributed by atoms with Gasteiger partial charge in [-0.15, -0.1) is 0 Å². The molecule has 21 heavy (non-hydrogen) atoms. The van der Waals surface area contributed by atoms with Crippen LogP contribution >= 0.6 is 45.8 Å². The number of ether oxygens (including phenoxy) is 1. The number of carbonyl (C=O) groups excluding carboxylic acids is 1. The number of hydrogen-bond acceptors (Lipinski definition) is 3. The van der Waals surface area contributed by atoms with Crippen LogP contribution in [0.3, 0.4) is 0 Å². The maximum atomic E-state index is 11.9. The third kappa shape index (κ3) is 4.66. The molecule has 0 aliphatic carbocycles. The summed E-state index contributed by atoms with van der Waals surface area (Å²) in [5, 5.41) is 3.16. The summed E-state index contributed by atoms with van der Waals surface area (Å²) in [5.41, 5.74) is 6.35. The van der Waals surface area contributed by atoms with Crippen LogP contribution in [-0.4, -0.2) is 12.5 Å². The highest BCUT2D eigenvalue weighted by Gasteiger charge is 2.11. The van der Waals surface area contributed by atoms with E-state index in [1.54, 1.807) is 12.1 Å². The van der Waals surface area contributed by atoms with Gasteiger partial charge in [-0.3, -0.25) is 4.79 Å². The lowest BCUT2D eigenvalue weighted by molar-refractivity contribution is -0.118. The van der Waals surface area contributed by atoms with Crippen LogP contribution in [0.5, 0.6) is 5.75 Å². The highest BCUT2D eigenvalue weighted by molar-refractivity contribution is 14.1. The van der Waals surface area contributed by atoms with E-state index >= 15 is 0 Å². The van der Waals surface area contributed by atoms with Crippen molar-refractivity contribution in [1.29, 1.82) is 0 Å². The predicted molar refractivity (Wildman–Crippen MR) is 94.2 cm³/mol. The minimum atomic E-state index is -0.359. The second kappa shape index (κ2) is 7.20. The van der Waals surface area contributed by atoms with Gasteiger partial charge in [0.2, 0.25) is 0 Å². The summed E-state index contributed by atoms with van der Waals surface area (Å²) in [4.78, 5) is 11.9. The van der Waals surface area contributed by atoms with Crippen molar-refractivity contribution in [2.24, 2.45) is 0 Å². The van der Waals surface area contributed by atoms with Gasteiger partial charge in [-0.05, 0) is 59.0 Å². The Morgan fingerprint density at radius 1 is 1.19 bits per heavy atom. The first-order valence-electron chi connectivity index (χ1n) is 5.88. The van der Waals surface area contributed by atoms with Gasteiger partial charge < -0.3 is 15.8 Å². The van der Waals surface area contributed by atoms with Crippen molar-refractivity contribution in [3.63, 3.8) is 0 Å². The summed E-state index contributed by atoms with van der Waals surface area (Å²) < 4.78 is 6.46. The highest BCUT2D eigenvalue weighted by Crippen LogP contribution is 2.32. The van der Waals surface area contributed by atoms with Crippen LogP contribution in [0.15, 0.2) is 36.4 Å². The minimum Gasteiger partial charge on any atom is -0.484 e. The number of benzene rings is 2. The van der Waals surface area contributed by atoms with Crippen molar-refractivity contribution in [2.45, 2.75) is 0 Å². The first kappa shape index (κ1) is 16.2. The number of rotatable bonds is 4. The van der Waals surface area contributed by atoms with Gasteiger partial charge in [0.1, 0.15) is 5.75 Å². The molecule has 0 heterocycles. The Kier molecular flexibility index (Phi) is 5.55. The predicted octanol–water partition coefficient (Wildman–Crippen LogP) is 4.20. The molecule has 4 nitrogen and oxygen atoms in total. The van der Waals surface area contributed by atoms with Crippen molar-refractivity contribution >= 4 is 63.1 Å². The molecule has 0 aliphatic rings. The van der Waals surface area contributed by atoms with E-state index in [1.165, 1.54) is 12.1 Å². The summed E-state index contributed by atoms with van der Waals surface area (Å²) in [7, 11) is 0. The molecule has 0 aromatic heterocycles. The largest absolute Gasteiger partial charge is 0.484 e. The van der Waals surface area contributed by atoms with Crippen molar-refractivity contribution < 1.29 is 9.53 Å². The van der Waals surface area contributed by atoms with Gasteiger partial charge in [0.05, 0.1) is 15.7 Å². The zero-order chi connectivity index (χ0) is 15.4. The van der Waals surface area contributed by atoms with E-state index in [0.29, 0.717) is 17.1 Å². The zero-order valence-electron chi connectivity index (χ0n) is 10.7. The topological polar surface area (TPSA) is 64.3 Å². The van der Waals surface area contributed by atoms with Crippen LogP contribution in [-0.2, 0) is 4.79 Å². The highest BCUT2D eigenvalue weighted by atomic mass is 127. The molecule has 110 valence electrons. The lowest BCUT2D eigenvalue weighted by Gasteiger charge is -2.11. The van der Waals surface area contributed by atoms with E-state index in [4.69, 9.17) is 33.7 Å². The molecule has 0 spiro atoms. The maximum absolute atomic E-state index is 11.9. The number of nitrogen functional groups attached to an aromatic ring is 1. The number of nitrogens with one attached hydrogen (secondary N) is 1. The number of nitrogens with two attached hydrogens (primary N) is 1. The normalized spacial score (nSPS) is 10.2. The zero-order valence-corrected chi connectivity index (χ0v) is 14.4. The number of anilines is 2. The standard InChI is InChI=1S/C14H11Cl2IN2O2/c15-11-5-9(18)6-12(16)14(11)19-13(20)7-21-10-3-1-8(17)2-4-10/h1-6H,7,18H2,(H,19,20). The lowest BCUT2D eigenvalue weighted by atomic mass is 10.3. The van der Waals surface area contributed by atoms with Gasteiger partial charge in [0.15, 0.2) is 6.61 Å². The van der Waals surface area contributed by atoms with Crippen LogP contribution in [0.4, 0.5) is 11.4 Å². The fraction of sp³-hybridized carbons (Fsp3) is 0.0714. The molecule has 0 saturated carbocycles. The molecule has 1 amide bonds. The van der Waals surface area contributed by atoms with Gasteiger partial charge in [0.25, 0.3) is 5.91 Å². The molecular formula is C14H11Cl2IN2O2. The Bertz CT molecular complexity index is 640. The SMILES string of the molecule is Nc1cc(Cl)c(NC(=O)COc2ccc(I)cc2)c(Cl)c1. The summed E-state index contributed by atoms with van der Waals surface area (Å²) in [6.07, 6.45) is 0. The Labute approximate surface area is 145 Å². The monoisotopic (exact) mass is 436 g/mol. The fourth-order valence-electron chi connectivity index (χ4n) is 1.57. The summed E-state index contributed by atoms with van der Waals surface area (Å²) in [6.45, 7) is -0.141. The average molecular weight is 437 g/mol. The Morgan fingerprint density at radius 2 is 1.76 bits per heavy atom. The molecule has 3 N–H and O–H groups in total. The Balaban J connectivity index is 1.97. The number of hydrogen-bond donors (Lipinski definition) is 2. The molecule has 0 radical (unpaired) electrons. The smallest absolute Gasteiger partial charge is 0.262 e. The summed E-state index contributed by atoms with van der Waals surface area (Å²) in [6, 6.07) is 10.4. The minimum absolute atomic E-state index is 0.141. The van der Waals surface area contributed by atoms with Crippen molar-refractivity contribution in [3.8, 4) is 5.75 Å². The first-order valence-corrected chi connectivity index (χ1v) is 7.72. The fourth-order valence-corrected chi connectivity index (χ4v) is 2.53. The van der Waals surface area contributed by atoms with Crippen LogP contribution in [0.1, 0.15) is 0 Å². The van der Waals surface area contributed by atoms with E-state index in [2.05, 4.69) is 27.9 Å². The summed E-state index contributed by atoms with van der Waals surface area (Å²) >= 11 is 14.2. The molecule has 2 aromatic rings. The molecule has 2 rings (SSSR count). The lowest BCUT2D eigenvalue weighted by Crippen LogP contribution is -2.20. The second-order valence-corrected chi connectivity index (χ2v) is 6.21. The Hall–Kier alpha value is -1.18. The van der Waals surface area contributed by atoms with E-state index < -0.39 is 0 Å². The number of halogens is 3. The van der Waals surface area contributed by atoms with Gasteiger partial charge >= 0.3 is 0 Å². The van der Waals surface area contributed by atoms with Crippen LogP contribution in [0.25, 0.3) is 0 Å². The average Bonchev–Trinajstić information content (AvgIpc) is 2.42. The third-order valence-electron chi connectivity index (χ3n) is 2.51. The van der Waals surface area contributed by atoms with Gasteiger partial charge in [-0.25, -0.2) is 0 Å². The van der Waals surface area contributed by atoms with E-state index in [1.807, 2.05) is 12.1 Å². The van der Waals surface area contributed by atoms with Crippen LogP contribution < -0.4 is 15.8 Å². The van der Waals surface area contributed by atoms with Gasteiger partial charge in [0, 0.05) is 9.26 Å². The van der Waals surface area contributed by atoms with Gasteiger partial charge in [-0.1, -0.05) is 23.2 Å². The van der Waals surface area contributed by atoms with E-state index in [-0.39, 0.29) is 22.6 Å². The summed E-state index contributed by atoms with van der Waals surface area (Å²) in [5.74, 6) is 0.252. The first-order chi connectivity index (χ1) is 9.95. The molecule has 0 unspecified atom stereocenters. The van der Waals surface area contributed by atoms with E-state index in [0.717, 1.165) is 3.57 Å². The maximum Gasteiger partial charge on any atom is 0.262 e. The molecular weight excluding hydrogens is 426 g/mol. The molecule has 0 atom stereocenters. The molecule has 0 fully saturated rings. The number of carbonyl (C=O) groups is 1. The van der Waals surface area contributed by atoms with Crippen molar-refractivity contribution in [2.75, 3.05) is 17.7 Å². The molecule has 0 aliphatic heterocycles. The molecule has 0 bridgehead atoms. The molecule has 2 aromatic carbocycles. The second-order valence-electron chi connectivity index (χ2n) is 4.15. The third-order valence-corrected chi connectivity index (χ3v) is 3.83. The van der Waals surface area contributed by atoms with E-state index in [9.17, 15) is 4.79 Å². The Morgan fingerprint density at radius 3 is 2.33 bits per heavy atom. The van der Waals surface area contributed by atoms with Crippen molar-refractivity contribution in [1.82, 2.24) is 0 Å². The van der Waals surface area contributed by atoms with Crippen LogP contribution in [0, 0.1) is 3.57 Å². The molecule has 7 heteroatoms.